The number of nitrogens with zero attached hydrogens (tertiary/aromatic N) is 4. The maximum atomic E-state index is 12.2. The van der Waals surface area contributed by atoms with Crippen LogP contribution in [0.4, 0.5) is 5.69 Å². The normalized spacial score (nSPS) is 10.6. The molecule has 0 saturated heterocycles. The van der Waals surface area contributed by atoms with E-state index < -0.39 is 0 Å². The first-order valence-corrected chi connectivity index (χ1v) is 9.06. The van der Waals surface area contributed by atoms with E-state index in [2.05, 4.69) is 20.5 Å². The van der Waals surface area contributed by atoms with Crippen LogP contribution in [0.5, 0.6) is 0 Å². The number of benzene rings is 1. The number of halogens is 1. The third-order valence-corrected chi connectivity index (χ3v) is 4.75. The van der Waals surface area contributed by atoms with Crippen LogP contribution in [-0.2, 0) is 11.3 Å². The van der Waals surface area contributed by atoms with Crippen LogP contribution in [0, 0.1) is 0 Å². The van der Waals surface area contributed by atoms with Crippen molar-refractivity contribution in [1.29, 1.82) is 0 Å². The van der Waals surface area contributed by atoms with Gasteiger partial charge in [0.15, 0.2) is 11.0 Å². The molecule has 3 rings (SSSR count). The van der Waals surface area contributed by atoms with Gasteiger partial charge in [-0.05, 0) is 31.2 Å². The summed E-state index contributed by atoms with van der Waals surface area (Å²) in [7, 11) is 0. The molecule has 0 aliphatic heterocycles. The molecule has 2 aromatic heterocycles. The first-order valence-electron chi connectivity index (χ1n) is 7.69. The molecule has 0 radical (unpaired) electrons. The first-order chi connectivity index (χ1) is 12.2. The van der Waals surface area contributed by atoms with Crippen molar-refractivity contribution in [3.63, 3.8) is 0 Å². The van der Waals surface area contributed by atoms with Gasteiger partial charge in [-0.2, -0.15) is 0 Å². The minimum Gasteiger partial charge on any atom is -0.324 e. The Morgan fingerprint density at radius 1 is 1.20 bits per heavy atom. The summed E-state index contributed by atoms with van der Waals surface area (Å²) in [6, 6.07) is 10.9. The van der Waals surface area contributed by atoms with E-state index in [1.165, 1.54) is 11.8 Å². The molecule has 8 heteroatoms. The largest absolute Gasteiger partial charge is 0.324 e. The zero-order chi connectivity index (χ0) is 17.6. The van der Waals surface area contributed by atoms with Gasteiger partial charge in [0, 0.05) is 24.5 Å². The van der Waals surface area contributed by atoms with E-state index >= 15 is 0 Å². The van der Waals surface area contributed by atoms with Gasteiger partial charge in [0.2, 0.25) is 5.91 Å². The van der Waals surface area contributed by atoms with Crippen molar-refractivity contribution in [2.75, 3.05) is 11.1 Å². The highest BCUT2D eigenvalue weighted by molar-refractivity contribution is 7.99. The fraction of sp³-hybridized carbons (Fsp3) is 0.176. The zero-order valence-corrected chi connectivity index (χ0v) is 15.1. The lowest BCUT2D eigenvalue weighted by atomic mass is 10.2. The Labute approximate surface area is 154 Å². The van der Waals surface area contributed by atoms with Gasteiger partial charge in [0.05, 0.1) is 16.5 Å². The number of amides is 1. The van der Waals surface area contributed by atoms with Crippen LogP contribution >= 0.6 is 23.4 Å². The van der Waals surface area contributed by atoms with Crippen molar-refractivity contribution >= 4 is 35.0 Å². The molecule has 0 atom stereocenters. The van der Waals surface area contributed by atoms with E-state index in [1.807, 2.05) is 35.8 Å². The molecule has 0 fully saturated rings. The third-order valence-electron chi connectivity index (χ3n) is 3.45. The molecule has 0 bridgehead atoms. The van der Waals surface area contributed by atoms with E-state index in [4.69, 9.17) is 11.6 Å². The fourth-order valence-corrected chi connectivity index (χ4v) is 3.26. The van der Waals surface area contributed by atoms with Crippen molar-refractivity contribution in [1.82, 2.24) is 19.7 Å². The quantitative estimate of drug-likeness (QED) is 0.666. The smallest absolute Gasteiger partial charge is 0.234 e. The van der Waals surface area contributed by atoms with Crippen molar-refractivity contribution in [3.05, 3.63) is 53.8 Å². The maximum Gasteiger partial charge on any atom is 0.234 e. The number of rotatable bonds is 6. The second-order valence-electron chi connectivity index (χ2n) is 5.10. The summed E-state index contributed by atoms with van der Waals surface area (Å²) >= 11 is 7.39. The molecule has 0 aliphatic carbocycles. The molecule has 128 valence electrons. The van der Waals surface area contributed by atoms with Crippen molar-refractivity contribution in [2.45, 2.75) is 18.6 Å². The summed E-state index contributed by atoms with van der Waals surface area (Å²) in [6.07, 6.45) is 3.43. The van der Waals surface area contributed by atoms with E-state index in [9.17, 15) is 4.79 Å². The number of hydrogen-bond acceptors (Lipinski definition) is 5. The van der Waals surface area contributed by atoms with Crippen LogP contribution in [0.1, 0.15) is 6.92 Å². The van der Waals surface area contributed by atoms with Gasteiger partial charge >= 0.3 is 0 Å². The second-order valence-corrected chi connectivity index (χ2v) is 6.45. The molecule has 0 saturated carbocycles. The minimum atomic E-state index is -0.144. The lowest BCUT2D eigenvalue weighted by Crippen LogP contribution is -2.15. The highest BCUT2D eigenvalue weighted by Gasteiger charge is 2.14. The minimum absolute atomic E-state index is 0.144. The zero-order valence-electron chi connectivity index (χ0n) is 13.5. The van der Waals surface area contributed by atoms with Crippen molar-refractivity contribution < 1.29 is 4.79 Å². The van der Waals surface area contributed by atoms with Crippen molar-refractivity contribution in [2.24, 2.45) is 0 Å². The predicted octanol–water partition coefficient (Wildman–Crippen LogP) is 3.74. The molecule has 0 unspecified atom stereocenters. The van der Waals surface area contributed by atoms with Crippen LogP contribution in [0.15, 0.2) is 53.9 Å². The number of carbonyl (C=O) groups is 1. The molecule has 2 heterocycles. The van der Waals surface area contributed by atoms with Crippen LogP contribution in [0.25, 0.3) is 11.4 Å². The number of pyridine rings is 1. The van der Waals surface area contributed by atoms with E-state index in [1.54, 1.807) is 24.5 Å². The summed E-state index contributed by atoms with van der Waals surface area (Å²) in [5, 5.41) is 12.5. The molecule has 25 heavy (non-hydrogen) atoms. The fourth-order valence-electron chi connectivity index (χ4n) is 2.27. The number of anilines is 1. The average Bonchev–Trinajstić information content (AvgIpc) is 3.05. The van der Waals surface area contributed by atoms with Crippen LogP contribution in [-0.4, -0.2) is 31.4 Å². The molecule has 6 nitrogen and oxygen atoms in total. The number of nitrogens with one attached hydrogen (secondary N) is 1. The predicted molar refractivity (Wildman–Crippen MR) is 99.7 cm³/mol. The van der Waals surface area contributed by atoms with Gasteiger partial charge < -0.3 is 9.88 Å². The molecule has 1 amide bonds. The summed E-state index contributed by atoms with van der Waals surface area (Å²) in [5.41, 5.74) is 1.54. The van der Waals surface area contributed by atoms with E-state index in [0.29, 0.717) is 22.4 Å². The topological polar surface area (TPSA) is 72.7 Å². The summed E-state index contributed by atoms with van der Waals surface area (Å²) in [4.78, 5) is 16.2. The molecule has 1 aromatic carbocycles. The number of thioether (sulfide) groups is 1. The Morgan fingerprint density at radius 2 is 1.96 bits per heavy atom. The molecule has 0 spiro atoms. The lowest BCUT2D eigenvalue weighted by molar-refractivity contribution is -0.113. The van der Waals surface area contributed by atoms with E-state index in [-0.39, 0.29) is 11.7 Å². The second kappa shape index (κ2) is 8.13. The average molecular weight is 374 g/mol. The van der Waals surface area contributed by atoms with Crippen LogP contribution in [0.2, 0.25) is 5.02 Å². The SMILES string of the molecule is CCn1c(SCC(=O)Nc2ccccc2Cl)nnc1-c1ccncc1. The number of aromatic nitrogens is 4. The first kappa shape index (κ1) is 17.4. The molecular weight excluding hydrogens is 358 g/mol. The number of hydrogen-bond donors (Lipinski definition) is 1. The third kappa shape index (κ3) is 4.18. The number of carbonyl (C=O) groups excluding carboxylic acids is 1. The van der Waals surface area contributed by atoms with Gasteiger partial charge in [-0.3, -0.25) is 9.78 Å². The number of para-hydroxylation sites is 1. The Balaban J connectivity index is 1.68. The van der Waals surface area contributed by atoms with Gasteiger partial charge in [-0.15, -0.1) is 10.2 Å². The Hall–Kier alpha value is -2.38. The van der Waals surface area contributed by atoms with Crippen LogP contribution in [0.3, 0.4) is 0 Å². The van der Waals surface area contributed by atoms with Gasteiger partial charge in [0.1, 0.15) is 0 Å². The molecule has 3 aromatic rings. The summed E-state index contributed by atoms with van der Waals surface area (Å²) < 4.78 is 1.97. The lowest BCUT2D eigenvalue weighted by Gasteiger charge is -2.08. The highest BCUT2D eigenvalue weighted by atomic mass is 35.5. The Kier molecular flexibility index (Phi) is 5.67. The molecule has 1 N–H and O–H groups in total. The highest BCUT2D eigenvalue weighted by Crippen LogP contribution is 2.24. The monoisotopic (exact) mass is 373 g/mol. The van der Waals surface area contributed by atoms with Gasteiger partial charge in [-0.25, -0.2) is 0 Å². The van der Waals surface area contributed by atoms with Gasteiger partial charge in [-0.1, -0.05) is 35.5 Å². The summed E-state index contributed by atoms with van der Waals surface area (Å²) in [5.74, 6) is 0.841. The van der Waals surface area contributed by atoms with E-state index in [0.717, 1.165) is 11.4 Å². The van der Waals surface area contributed by atoms with Gasteiger partial charge in [0.25, 0.3) is 0 Å². The Morgan fingerprint density at radius 3 is 2.68 bits per heavy atom. The molecular formula is C17H16ClN5OS. The van der Waals surface area contributed by atoms with Crippen LogP contribution < -0.4 is 5.32 Å². The van der Waals surface area contributed by atoms with Crippen molar-refractivity contribution in [3.8, 4) is 11.4 Å². The Bertz CT molecular complexity index is 868. The molecule has 0 aliphatic rings. The maximum absolute atomic E-state index is 12.2. The summed E-state index contributed by atoms with van der Waals surface area (Å²) in [6.45, 7) is 2.72. The standard InChI is InChI=1S/C17H16ClN5OS/c1-2-23-16(12-7-9-19-10-8-12)21-22-17(23)25-11-15(24)20-14-6-4-3-5-13(14)18/h3-10H,2,11H2,1H3,(H,20,24).